The second-order valence-corrected chi connectivity index (χ2v) is 5.61. The van der Waals surface area contributed by atoms with Gasteiger partial charge in [-0.1, -0.05) is 12.1 Å². The summed E-state index contributed by atoms with van der Waals surface area (Å²) >= 11 is 0. The van der Waals surface area contributed by atoms with Crippen molar-refractivity contribution in [2.45, 2.75) is 19.4 Å². The van der Waals surface area contributed by atoms with E-state index in [4.69, 9.17) is 9.92 Å². The van der Waals surface area contributed by atoms with Crippen molar-refractivity contribution in [2.75, 3.05) is 6.26 Å². The van der Waals surface area contributed by atoms with Gasteiger partial charge >= 0.3 is 10.1 Å². The third-order valence-corrected chi connectivity index (χ3v) is 2.34. The van der Waals surface area contributed by atoms with Gasteiger partial charge in [-0.3, -0.25) is 0 Å². The van der Waals surface area contributed by atoms with Crippen molar-refractivity contribution in [1.29, 1.82) is 0 Å². The first-order valence-corrected chi connectivity index (χ1v) is 6.29. The van der Waals surface area contributed by atoms with Gasteiger partial charge in [0.1, 0.15) is 5.75 Å². The van der Waals surface area contributed by atoms with E-state index in [-0.39, 0.29) is 0 Å². The maximum atomic E-state index is 10.8. The fraction of sp³-hybridized carbons (Fsp3) is 0.400. The van der Waals surface area contributed by atoms with Crippen LogP contribution >= 0.6 is 0 Å². The van der Waals surface area contributed by atoms with Gasteiger partial charge in [0.15, 0.2) is 0 Å². The molecule has 0 aliphatic rings. The van der Waals surface area contributed by atoms with E-state index in [1.165, 1.54) is 0 Å². The molecule has 1 aromatic rings. The standard InChI is InChI=1S/C10H15NO3S/c1-10(2,11)8-4-6-9(7-5-8)14-15(3,12)13/h4-7H,11H2,1-3H3. The smallest absolute Gasteiger partial charge is 0.306 e. The van der Waals surface area contributed by atoms with Crippen LogP contribution in [0, 0.1) is 0 Å². The van der Waals surface area contributed by atoms with Crippen LogP contribution in [0.4, 0.5) is 0 Å². The first-order chi connectivity index (χ1) is 6.68. The van der Waals surface area contributed by atoms with Crippen LogP contribution in [0.5, 0.6) is 5.75 Å². The second-order valence-electron chi connectivity index (χ2n) is 4.03. The van der Waals surface area contributed by atoms with Crippen molar-refractivity contribution in [3.8, 4) is 5.75 Å². The van der Waals surface area contributed by atoms with E-state index in [2.05, 4.69) is 0 Å². The molecule has 84 valence electrons. The van der Waals surface area contributed by atoms with E-state index in [0.29, 0.717) is 5.75 Å². The van der Waals surface area contributed by atoms with Crippen LogP contribution in [-0.2, 0) is 15.7 Å². The van der Waals surface area contributed by atoms with Gasteiger partial charge in [0.05, 0.1) is 6.26 Å². The molecule has 1 rings (SSSR count). The summed E-state index contributed by atoms with van der Waals surface area (Å²) in [5, 5.41) is 0. The molecule has 0 unspecified atom stereocenters. The van der Waals surface area contributed by atoms with Crippen LogP contribution in [0.25, 0.3) is 0 Å². The molecule has 0 saturated heterocycles. The fourth-order valence-electron chi connectivity index (χ4n) is 1.11. The normalized spacial score (nSPS) is 12.5. The lowest BCUT2D eigenvalue weighted by Gasteiger charge is -2.19. The zero-order valence-electron chi connectivity index (χ0n) is 9.02. The van der Waals surface area contributed by atoms with E-state index in [0.717, 1.165) is 11.8 Å². The maximum absolute atomic E-state index is 10.8. The monoisotopic (exact) mass is 229 g/mol. The van der Waals surface area contributed by atoms with Gasteiger partial charge in [-0.05, 0) is 31.5 Å². The van der Waals surface area contributed by atoms with E-state index >= 15 is 0 Å². The first kappa shape index (κ1) is 12.0. The number of nitrogens with two attached hydrogens (primary N) is 1. The minimum atomic E-state index is -3.46. The largest absolute Gasteiger partial charge is 0.383 e. The average molecular weight is 229 g/mol. The molecule has 4 nitrogen and oxygen atoms in total. The molecule has 0 heterocycles. The molecule has 0 atom stereocenters. The third kappa shape index (κ3) is 3.89. The predicted molar refractivity (Wildman–Crippen MR) is 59.1 cm³/mol. The zero-order valence-corrected chi connectivity index (χ0v) is 9.84. The molecule has 1 aromatic carbocycles. The minimum absolute atomic E-state index is 0.297. The Morgan fingerprint density at radius 3 is 2.00 bits per heavy atom. The number of hydrogen-bond donors (Lipinski definition) is 1. The van der Waals surface area contributed by atoms with Crippen LogP contribution < -0.4 is 9.92 Å². The van der Waals surface area contributed by atoms with Crippen molar-refractivity contribution >= 4 is 10.1 Å². The van der Waals surface area contributed by atoms with E-state index < -0.39 is 15.7 Å². The quantitative estimate of drug-likeness (QED) is 0.791. The van der Waals surface area contributed by atoms with Gasteiger partial charge in [0.2, 0.25) is 0 Å². The molecule has 15 heavy (non-hydrogen) atoms. The van der Waals surface area contributed by atoms with Crippen LogP contribution in [0.2, 0.25) is 0 Å². The van der Waals surface area contributed by atoms with Crippen molar-refractivity contribution in [3.63, 3.8) is 0 Å². The number of benzene rings is 1. The molecule has 2 N–H and O–H groups in total. The summed E-state index contributed by atoms with van der Waals surface area (Å²) in [6.07, 6.45) is 1.01. The van der Waals surface area contributed by atoms with Gasteiger partial charge in [-0.25, -0.2) is 0 Å². The van der Waals surface area contributed by atoms with Crippen LogP contribution in [-0.4, -0.2) is 14.7 Å². The minimum Gasteiger partial charge on any atom is -0.383 e. The molecule has 0 aromatic heterocycles. The molecule has 0 radical (unpaired) electrons. The molecule has 0 bridgehead atoms. The molecule has 0 fully saturated rings. The van der Waals surface area contributed by atoms with Crippen LogP contribution in [0.15, 0.2) is 24.3 Å². The Morgan fingerprint density at radius 1 is 1.20 bits per heavy atom. The molecule has 0 aliphatic carbocycles. The van der Waals surface area contributed by atoms with Crippen molar-refractivity contribution in [3.05, 3.63) is 29.8 Å². The molecular weight excluding hydrogens is 214 g/mol. The number of hydrogen-bond acceptors (Lipinski definition) is 4. The highest BCUT2D eigenvalue weighted by atomic mass is 32.2. The first-order valence-electron chi connectivity index (χ1n) is 4.47. The highest BCUT2D eigenvalue weighted by Crippen LogP contribution is 2.20. The third-order valence-electron chi connectivity index (χ3n) is 1.85. The molecular formula is C10H15NO3S. The lowest BCUT2D eigenvalue weighted by molar-refractivity contribution is 0.492. The highest BCUT2D eigenvalue weighted by molar-refractivity contribution is 7.86. The summed E-state index contributed by atoms with van der Waals surface area (Å²) in [5.41, 5.74) is 6.35. The van der Waals surface area contributed by atoms with Crippen molar-refractivity contribution < 1.29 is 12.6 Å². The molecule has 0 saturated carbocycles. The topological polar surface area (TPSA) is 69.4 Å². The SMILES string of the molecule is CC(C)(N)c1ccc(OS(C)(=O)=O)cc1. The summed E-state index contributed by atoms with van der Waals surface area (Å²) < 4.78 is 26.4. The molecule has 0 aliphatic heterocycles. The number of rotatable bonds is 3. The molecule has 0 spiro atoms. The van der Waals surface area contributed by atoms with Gasteiger partial charge in [0, 0.05) is 5.54 Å². The Balaban J connectivity index is 2.91. The lowest BCUT2D eigenvalue weighted by atomic mass is 9.96. The summed E-state index contributed by atoms with van der Waals surface area (Å²) in [6.45, 7) is 3.75. The molecule has 5 heteroatoms. The van der Waals surface area contributed by atoms with Crippen molar-refractivity contribution in [2.24, 2.45) is 5.73 Å². The van der Waals surface area contributed by atoms with Crippen LogP contribution in [0.1, 0.15) is 19.4 Å². The Labute approximate surface area is 90.2 Å². The maximum Gasteiger partial charge on any atom is 0.306 e. The highest BCUT2D eigenvalue weighted by Gasteiger charge is 2.14. The van der Waals surface area contributed by atoms with E-state index in [1.807, 2.05) is 13.8 Å². The summed E-state index contributed by atoms with van der Waals surface area (Å²) in [4.78, 5) is 0. The Bertz CT molecular complexity index is 429. The van der Waals surface area contributed by atoms with E-state index in [9.17, 15) is 8.42 Å². The lowest BCUT2D eigenvalue weighted by Crippen LogP contribution is -2.28. The summed E-state index contributed by atoms with van der Waals surface area (Å²) in [7, 11) is -3.46. The van der Waals surface area contributed by atoms with Crippen molar-refractivity contribution in [1.82, 2.24) is 0 Å². The van der Waals surface area contributed by atoms with Gasteiger partial charge in [-0.15, -0.1) is 0 Å². The molecule has 0 amide bonds. The predicted octanol–water partition coefficient (Wildman–Crippen LogP) is 1.22. The Kier molecular flexibility index (Phi) is 3.06. The Hall–Kier alpha value is -1.07. The van der Waals surface area contributed by atoms with Crippen LogP contribution in [0.3, 0.4) is 0 Å². The zero-order chi connectivity index (χ0) is 11.7. The van der Waals surface area contributed by atoms with Gasteiger partial charge in [0.25, 0.3) is 0 Å². The van der Waals surface area contributed by atoms with Gasteiger partial charge in [-0.2, -0.15) is 8.42 Å². The second kappa shape index (κ2) is 3.83. The summed E-state index contributed by atoms with van der Waals surface area (Å²) in [6, 6.07) is 6.68. The van der Waals surface area contributed by atoms with E-state index in [1.54, 1.807) is 24.3 Å². The summed E-state index contributed by atoms with van der Waals surface area (Å²) in [5.74, 6) is 0.297. The average Bonchev–Trinajstić information content (AvgIpc) is 2.00. The Morgan fingerprint density at radius 2 is 1.67 bits per heavy atom. The van der Waals surface area contributed by atoms with Gasteiger partial charge < -0.3 is 9.92 Å². The fourth-order valence-corrected chi connectivity index (χ4v) is 1.58.